The number of halogens is 4. The molecule has 226 valence electrons. The normalized spacial score (nSPS) is 24.2. The first-order valence-corrected chi connectivity index (χ1v) is 14.5. The van der Waals surface area contributed by atoms with E-state index in [4.69, 9.17) is 4.74 Å². The highest BCUT2D eigenvalue weighted by molar-refractivity contribution is 7.09. The summed E-state index contributed by atoms with van der Waals surface area (Å²) in [4.78, 5) is 39.2. The summed E-state index contributed by atoms with van der Waals surface area (Å²) in [6.07, 6.45) is -3.89. The highest BCUT2D eigenvalue weighted by atomic mass is 32.1. The molecule has 1 aromatic heterocycles. The number of rotatable bonds is 6. The zero-order valence-electron chi connectivity index (χ0n) is 23.4. The molecule has 42 heavy (non-hydrogen) atoms. The second-order valence-electron chi connectivity index (χ2n) is 10.8. The second-order valence-corrected chi connectivity index (χ2v) is 11.8. The van der Waals surface area contributed by atoms with Crippen LogP contribution in [0.25, 0.3) is 11.3 Å². The molecule has 0 saturated carbocycles. The van der Waals surface area contributed by atoms with Gasteiger partial charge in [0.25, 0.3) is 5.91 Å². The summed E-state index contributed by atoms with van der Waals surface area (Å²) < 4.78 is 62.3. The van der Waals surface area contributed by atoms with Crippen LogP contribution in [0.2, 0.25) is 0 Å². The number of anilines is 2. The fraction of sp³-hybridized carbons (Fsp3) is 0.500. The number of carbonyl (C=O) groups is 2. The van der Waals surface area contributed by atoms with Gasteiger partial charge in [0.05, 0.1) is 42.4 Å². The van der Waals surface area contributed by atoms with Gasteiger partial charge in [0.2, 0.25) is 5.91 Å². The van der Waals surface area contributed by atoms with E-state index < -0.39 is 35.3 Å². The quantitative estimate of drug-likeness (QED) is 0.497. The van der Waals surface area contributed by atoms with Gasteiger partial charge < -0.3 is 15.0 Å². The topological polar surface area (TPSA) is 90.4 Å². The van der Waals surface area contributed by atoms with Gasteiger partial charge in [-0.25, -0.2) is 14.4 Å². The molecule has 3 aliphatic heterocycles. The molecular weight excluding hydrogens is 576 g/mol. The Labute approximate surface area is 244 Å². The predicted octanol–water partition coefficient (Wildman–Crippen LogP) is 3.96. The minimum absolute atomic E-state index is 0.0950. The predicted molar refractivity (Wildman–Crippen MR) is 152 cm³/mol. The van der Waals surface area contributed by atoms with Crippen LogP contribution in [0, 0.1) is 11.7 Å². The Hall–Kier alpha value is -3.20. The Kier molecular flexibility index (Phi) is 8.78. The number of hydrogen-bond donors (Lipinski definition) is 1. The standard InChI is InChI=1S/C28H32F4N6O3S/c1-16-12-38(13-17(2)36(16)3)24-10-21(29)18(23-15-42-26(34-23)14-37-4-6-41-7-5-37)8-22(24)35-27(40)19-11-33-25(39)9-20(19)28(30,31)32/h8-11,15-17,19H,4-7,12-14H2,1-3H3,(H,35,40)/t16-,17+,19?. The van der Waals surface area contributed by atoms with Crippen molar-refractivity contribution in [2.45, 2.75) is 38.7 Å². The van der Waals surface area contributed by atoms with E-state index in [1.807, 2.05) is 25.8 Å². The maximum absolute atomic E-state index is 15.7. The molecule has 4 heterocycles. The van der Waals surface area contributed by atoms with Crippen molar-refractivity contribution in [1.82, 2.24) is 14.8 Å². The first kappa shape index (κ1) is 30.3. The molecule has 0 bridgehead atoms. The van der Waals surface area contributed by atoms with Crippen molar-refractivity contribution in [3.05, 3.63) is 40.0 Å². The molecule has 0 radical (unpaired) electrons. The maximum atomic E-state index is 15.7. The number of alkyl halides is 3. The zero-order valence-corrected chi connectivity index (χ0v) is 24.3. The van der Waals surface area contributed by atoms with Gasteiger partial charge in [0.15, 0.2) is 0 Å². The van der Waals surface area contributed by atoms with Gasteiger partial charge in [-0.05, 0) is 33.0 Å². The molecule has 3 aliphatic rings. The van der Waals surface area contributed by atoms with E-state index in [0.717, 1.165) is 18.1 Å². The molecule has 9 nitrogen and oxygen atoms in total. The average molecular weight is 609 g/mol. The Morgan fingerprint density at radius 3 is 2.52 bits per heavy atom. The van der Waals surface area contributed by atoms with E-state index in [9.17, 15) is 22.8 Å². The molecule has 0 spiro atoms. The summed E-state index contributed by atoms with van der Waals surface area (Å²) in [5.41, 5.74) is -0.328. The van der Waals surface area contributed by atoms with Gasteiger partial charge in [-0.2, -0.15) is 13.2 Å². The molecule has 2 fully saturated rings. The van der Waals surface area contributed by atoms with Gasteiger partial charge >= 0.3 is 6.18 Å². The van der Waals surface area contributed by atoms with Gasteiger partial charge in [0, 0.05) is 61.5 Å². The van der Waals surface area contributed by atoms with E-state index in [0.29, 0.717) is 56.5 Å². The maximum Gasteiger partial charge on any atom is 0.414 e. The van der Waals surface area contributed by atoms with Gasteiger partial charge in [-0.15, -0.1) is 11.3 Å². The number of benzene rings is 1. The van der Waals surface area contributed by atoms with E-state index in [1.165, 1.54) is 23.5 Å². The van der Waals surface area contributed by atoms with Crippen molar-refractivity contribution in [3.8, 4) is 11.3 Å². The summed E-state index contributed by atoms with van der Waals surface area (Å²) >= 11 is 1.38. The summed E-state index contributed by atoms with van der Waals surface area (Å²) in [6, 6.07) is 2.91. The highest BCUT2D eigenvalue weighted by Crippen LogP contribution is 2.38. The van der Waals surface area contributed by atoms with Crippen molar-refractivity contribution in [1.29, 1.82) is 0 Å². The summed E-state index contributed by atoms with van der Waals surface area (Å²) in [5, 5.41) is 5.10. The fourth-order valence-corrected chi connectivity index (χ4v) is 6.18. The van der Waals surface area contributed by atoms with Crippen LogP contribution >= 0.6 is 11.3 Å². The number of piperazine rings is 1. The zero-order chi connectivity index (χ0) is 30.2. The number of hydrogen-bond acceptors (Lipinski definition) is 8. The highest BCUT2D eigenvalue weighted by Gasteiger charge is 2.43. The molecule has 1 aromatic carbocycles. The number of ether oxygens (including phenoxy) is 1. The molecule has 2 saturated heterocycles. The van der Waals surface area contributed by atoms with E-state index in [1.54, 1.807) is 5.38 Å². The van der Waals surface area contributed by atoms with Crippen LogP contribution in [-0.4, -0.2) is 97.5 Å². The van der Waals surface area contributed by atoms with Crippen molar-refractivity contribution in [2.24, 2.45) is 10.9 Å². The lowest BCUT2D eigenvalue weighted by Gasteiger charge is -2.44. The third-order valence-electron chi connectivity index (χ3n) is 7.91. The van der Waals surface area contributed by atoms with Crippen molar-refractivity contribution >= 4 is 40.7 Å². The molecule has 1 unspecified atom stereocenters. The average Bonchev–Trinajstić information content (AvgIpc) is 3.40. The molecule has 5 rings (SSSR count). The summed E-state index contributed by atoms with van der Waals surface area (Å²) in [7, 11) is 1.99. The molecule has 0 aliphatic carbocycles. The number of amides is 2. The van der Waals surface area contributed by atoms with Crippen LogP contribution in [0.5, 0.6) is 0 Å². The number of morpholine rings is 1. The van der Waals surface area contributed by atoms with E-state index in [2.05, 4.69) is 25.1 Å². The van der Waals surface area contributed by atoms with Crippen LogP contribution < -0.4 is 10.2 Å². The minimum Gasteiger partial charge on any atom is -0.379 e. The minimum atomic E-state index is -4.92. The monoisotopic (exact) mass is 608 g/mol. The van der Waals surface area contributed by atoms with Gasteiger partial charge in [-0.1, -0.05) is 0 Å². The molecule has 3 atom stereocenters. The van der Waals surface area contributed by atoms with Crippen molar-refractivity contribution < 1.29 is 31.9 Å². The Morgan fingerprint density at radius 2 is 1.86 bits per heavy atom. The lowest BCUT2D eigenvalue weighted by atomic mass is 9.95. The lowest BCUT2D eigenvalue weighted by Crippen LogP contribution is -2.55. The number of carbonyl (C=O) groups excluding carboxylic acids is 2. The van der Waals surface area contributed by atoms with Crippen LogP contribution in [0.3, 0.4) is 0 Å². The number of aliphatic imine (C=N–C) groups is 1. The van der Waals surface area contributed by atoms with Crippen LogP contribution in [-0.2, 0) is 20.9 Å². The lowest BCUT2D eigenvalue weighted by molar-refractivity contribution is -0.124. The first-order valence-electron chi connectivity index (χ1n) is 13.6. The molecular formula is C28H32F4N6O3S. The molecule has 14 heteroatoms. The summed E-state index contributed by atoms with van der Waals surface area (Å²) in [5.74, 6) is -4.52. The Bertz CT molecular complexity index is 1390. The van der Waals surface area contributed by atoms with E-state index >= 15 is 4.39 Å². The smallest absolute Gasteiger partial charge is 0.379 e. The SMILES string of the molecule is C[C@@H]1CN(c2cc(F)c(-c3csc(CN4CCOCC4)n3)cc2NC(=O)C2C=NC(=O)C=C2C(F)(F)F)C[C@H](C)N1C. The first-order chi connectivity index (χ1) is 19.9. The Balaban J connectivity index is 1.49. The largest absolute Gasteiger partial charge is 0.414 e. The Morgan fingerprint density at radius 1 is 1.17 bits per heavy atom. The van der Waals surface area contributed by atoms with Crippen LogP contribution in [0.1, 0.15) is 18.9 Å². The number of aromatic nitrogens is 1. The number of likely N-dealkylation sites (N-methyl/N-ethyl adjacent to an activating group) is 1. The summed E-state index contributed by atoms with van der Waals surface area (Å²) in [6.45, 7) is 8.44. The number of nitrogens with one attached hydrogen (secondary N) is 1. The molecule has 2 amide bonds. The fourth-order valence-electron chi connectivity index (χ4n) is 5.35. The van der Waals surface area contributed by atoms with Crippen molar-refractivity contribution in [2.75, 3.05) is 56.7 Å². The number of nitrogens with zero attached hydrogens (tertiary/aromatic N) is 5. The van der Waals surface area contributed by atoms with Crippen molar-refractivity contribution in [3.63, 3.8) is 0 Å². The van der Waals surface area contributed by atoms with Gasteiger partial charge in [0.1, 0.15) is 16.7 Å². The molecule has 2 aromatic rings. The van der Waals surface area contributed by atoms with E-state index in [-0.39, 0.29) is 23.3 Å². The molecule has 1 N–H and O–H groups in total. The second kappa shape index (κ2) is 12.2. The van der Waals surface area contributed by atoms with Gasteiger partial charge in [-0.3, -0.25) is 19.4 Å². The third-order valence-corrected chi connectivity index (χ3v) is 8.74. The number of dihydropyridines is 1. The third kappa shape index (κ3) is 6.56. The van der Waals surface area contributed by atoms with Crippen LogP contribution in [0.15, 0.2) is 34.2 Å². The van der Waals surface area contributed by atoms with Crippen LogP contribution in [0.4, 0.5) is 28.9 Å². The number of thiazole rings is 1.